The zero-order valence-electron chi connectivity index (χ0n) is 11.1. The van der Waals surface area contributed by atoms with Crippen LogP contribution in [-0.4, -0.2) is 17.8 Å². The molecule has 18 heavy (non-hydrogen) atoms. The molecule has 2 heteroatoms. The Bertz CT molecular complexity index is 317. The van der Waals surface area contributed by atoms with Crippen molar-refractivity contribution in [2.45, 2.75) is 57.2 Å². The Balaban J connectivity index is 1.55. The van der Waals surface area contributed by atoms with Crippen LogP contribution in [-0.2, 0) is 4.74 Å². The monoisotopic (exact) mass is 248 g/mol. The number of hydrogen-bond donors (Lipinski definition) is 1. The summed E-state index contributed by atoms with van der Waals surface area (Å²) >= 11 is 0. The summed E-state index contributed by atoms with van der Waals surface area (Å²) in [5.74, 6) is 0. The second kappa shape index (κ2) is 7.55. The molecule has 1 aromatic carbocycles. The Hall–Kier alpha value is -0.860. The third-order valence-corrected chi connectivity index (χ3v) is 3.71. The van der Waals surface area contributed by atoms with Crippen LogP contribution in [0.15, 0.2) is 30.3 Å². The van der Waals surface area contributed by atoms with Gasteiger partial charge < -0.3 is 9.84 Å². The first kappa shape index (κ1) is 13.6. The van der Waals surface area contributed by atoms with Crippen molar-refractivity contribution < 1.29 is 9.84 Å². The van der Waals surface area contributed by atoms with Gasteiger partial charge in [0.1, 0.15) is 0 Å². The predicted octanol–water partition coefficient (Wildman–Crippen LogP) is 3.85. The summed E-state index contributed by atoms with van der Waals surface area (Å²) in [6.07, 6.45) is 8.29. The molecule has 1 aliphatic heterocycles. The zero-order chi connectivity index (χ0) is 12.6. The molecule has 1 heterocycles. The van der Waals surface area contributed by atoms with Gasteiger partial charge in [-0.25, -0.2) is 0 Å². The fourth-order valence-corrected chi connectivity index (χ4v) is 2.60. The molecule has 2 nitrogen and oxygen atoms in total. The van der Waals surface area contributed by atoms with E-state index in [4.69, 9.17) is 4.74 Å². The summed E-state index contributed by atoms with van der Waals surface area (Å²) in [5, 5.41) is 10.0. The Labute approximate surface area is 110 Å². The highest BCUT2D eigenvalue weighted by Crippen LogP contribution is 2.21. The molecule has 0 aliphatic carbocycles. The lowest BCUT2D eigenvalue weighted by atomic mass is 10.0. The molecule has 0 bridgehead atoms. The van der Waals surface area contributed by atoms with Crippen LogP contribution in [0, 0.1) is 0 Å². The molecule has 1 aliphatic rings. The van der Waals surface area contributed by atoms with Crippen LogP contribution in [0.1, 0.15) is 56.6 Å². The van der Waals surface area contributed by atoms with Gasteiger partial charge in [-0.05, 0) is 31.2 Å². The quantitative estimate of drug-likeness (QED) is 0.743. The third kappa shape index (κ3) is 4.43. The van der Waals surface area contributed by atoms with Crippen LogP contribution in [0.2, 0.25) is 0 Å². The molecule has 1 N–H and O–H groups in total. The summed E-state index contributed by atoms with van der Waals surface area (Å²) in [6, 6.07) is 9.94. The van der Waals surface area contributed by atoms with Crippen molar-refractivity contribution in [1.82, 2.24) is 0 Å². The standard InChI is InChI=1S/C16H24O2/c17-16(14-8-3-1-4-9-14)12-6-2-5-10-15-11-7-13-18-15/h1,3-4,8-9,15-17H,2,5-7,10-13H2. The average molecular weight is 248 g/mol. The van der Waals surface area contributed by atoms with Gasteiger partial charge in [0, 0.05) is 6.61 Å². The van der Waals surface area contributed by atoms with Gasteiger partial charge in [0.15, 0.2) is 0 Å². The maximum absolute atomic E-state index is 10.0. The number of aliphatic hydroxyl groups excluding tert-OH is 1. The van der Waals surface area contributed by atoms with E-state index in [1.807, 2.05) is 30.3 Å². The molecule has 0 aromatic heterocycles. The van der Waals surface area contributed by atoms with Gasteiger partial charge in [0.2, 0.25) is 0 Å². The fraction of sp³-hybridized carbons (Fsp3) is 0.625. The molecule has 1 aromatic rings. The lowest BCUT2D eigenvalue weighted by Gasteiger charge is -2.11. The topological polar surface area (TPSA) is 29.5 Å². The van der Waals surface area contributed by atoms with Gasteiger partial charge in [-0.2, -0.15) is 0 Å². The summed E-state index contributed by atoms with van der Waals surface area (Å²) in [4.78, 5) is 0. The van der Waals surface area contributed by atoms with E-state index < -0.39 is 0 Å². The van der Waals surface area contributed by atoms with Crippen LogP contribution < -0.4 is 0 Å². The lowest BCUT2D eigenvalue weighted by molar-refractivity contribution is 0.101. The molecule has 1 saturated heterocycles. The van der Waals surface area contributed by atoms with Crippen molar-refractivity contribution >= 4 is 0 Å². The van der Waals surface area contributed by atoms with Crippen molar-refractivity contribution in [2.75, 3.05) is 6.61 Å². The first-order valence-corrected chi connectivity index (χ1v) is 7.21. The van der Waals surface area contributed by atoms with E-state index in [1.165, 1.54) is 32.1 Å². The van der Waals surface area contributed by atoms with E-state index in [1.54, 1.807) is 0 Å². The number of hydrogen-bond acceptors (Lipinski definition) is 2. The minimum Gasteiger partial charge on any atom is -0.388 e. The fourth-order valence-electron chi connectivity index (χ4n) is 2.60. The molecule has 0 spiro atoms. The van der Waals surface area contributed by atoms with E-state index in [-0.39, 0.29) is 6.10 Å². The molecule has 0 amide bonds. The first-order chi connectivity index (χ1) is 8.86. The van der Waals surface area contributed by atoms with Crippen LogP contribution >= 0.6 is 0 Å². The van der Waals surface area contributed by atoms with Gasteiger partial charge in [-0.15, -0.1) is 0 Å². The lowest BCUT2D eigenvalue weighted by Crippen LogP contribution is -2.04. The number of rotatable bonds is 7. The Kier molecular flexibility index (Phi) is 5.69. The van der Waals surface area contributed by atoms with E-state index in [0.29, 0.717) is 6.10 Å². The van der Waals surface area contributed by atoms with Crippen molar-refractivity contribution in [1.29, 1.82) is 0 Å². The average Bonchev–Trinajstić information content (AvgIpc) is 2.92. The third-order valence-electron chi connectivity index (χ3n) is 3.71. The molecule has 2 rings (SSSR count). The highest BCUT2D eigenvalue weighted by Gasteiger charge is 2.14. The van der Waals surface area contributed by atoms with Crippen LogP contribution in [0.4, 0.5) is 0 Å². The second-order valence-electron chi connectivity index (χ2n) is 5.20. The van der Waals surface area contributed by atoms with E-state index >= 15 is 0 Å². The van der Waals surface area contributed by atoms with Crippen LogP contribution in [0.25, 0.3) is 0 Å². The minimum absolute atomic E-state index is 0.297. The summed E-state index contributed by atoms with van der Waals surface area (Å²) < 4.78 is 5.60. The molecule has 0 saturated carbocycles. The number of aliphatic hydroxyl groups is 1. The maximum atomic E-state index is 10.0. The SMILES string of the molecule is OC(CCCCCC1CCCO1)c1ccccc1. The largest absolute Gasteiger partial charge is 0.388 e. The summed E-state index contributed by atoms with van der Waals surface area (Å²) in [6.45, 7) is 0.956. The molecule has 1 fully saturated rings. The van der Waals surface area contributed by atoms with Crippen molar-refractivity contribution in [3.63, 3.8) is 0 Å². The van der Waals surface area contributed by atoms with E-state index in [2.05, 4.69) is 0 Å². The predicted molar refractivity (Wildman–Crippen MR) is 73.5 cm³/mol. The Morgan fingerprint density at radius 2 is 2.00 bits per heavy atom. The number of unbranched alkanes of at least 4 members (excludes halogenated alkanes) is 2. The molecule has 100 valence electrons. The van der Waals surface area contributed by atoms with Crippen molar-refractivity contribution in [2.24, 2.45) is 0 Å². The summed E-state index contributed by atoms with van der Waals surface area (Å²) in [7, 11) is 0. The minimum atomic E-state index is -0.297. The molecule has 2 atom stereocenters. The van der Waals surface area contributed by atoms with Gasteiger partial charge in [0.25, 0.3) is 0 Å². The summed E-state index contributed by atoms with van der Waals surface area (Å²) in [5.41, 5.74) is 1.04. The number of benzene rings is 1. The zero-order valence-corrected chi connectivity index (χ0v) is 11.1. The molecule has 2 unspecified atom stereocenters. The smallest absolute Gasteiger partial charge is 0.0790 e. The Morgan fingerprint density at radius 3 is 2.72 bits per heavy atom. The van der Waals surface area contributed by atoms with Gasteiger partial charge in [0.05, 0.1) is 12.2 Å². The molecular formula is C16H24O2. The van der Waals surface area contributed by atoms with Gasteiger partial charge >= 0.3 is 0 Å². The molecule has 0 radical (unpaired) electrons. The Morgan fingerprint density at radius 1 is 1.17 bits per heavy atom. The van der Waals surface area contributed by atoms with E-state index in [0.717, 1.165) is 25.0 Å². The van der Waals surface area contributed by atoms with Crippen LogP contribution in [0.5, 0.6) is 0 Å². The van der Waals surface area contributed by atoms with Gasteiger partial charge in [-0.1, -0.05) is 49.6 Å². The van der Waals surface area contributed by atoms with Gasteiger partial charge in [-0.3, -0.25) is 0 Å². The van der Waals surface area contributed by atoms with Crippen LogP contribution in [0.3, 0.4) is 0 Å². The first-order valence-electron chi connectivity index (χ1n) is 7.21. The maximum Gasteiger partial charge on any atom is 0.0790 e. The highest BCUT2D eigenvalue weighted by molar-refractivity contribution is 5.16. The molecular weight excluding hydrogens is 224 g/mol. The number of ether oxygens (including phenoxy) is 1. The van der Waals surface area contributed by atoms with E-state index in [9.17, 15) is 5.11 Å². The second-order valence-corrected chi connectivity index (χ2v) is 5.20. The van der Waals surface area contributed by atoms with Crippen molar-refractivity contribution in [3.05, 3.63) is 35.9 Å². The normalized spacial score (nSPS) is 21.1. The highest BCUT2D eigenvalue weighted by atomic mass is 16.5. The van der Waals surface area contributed by atoms with Crippen molar-refractivity contribution in [3.8, 4) is 0 Å².